The van der Waals surface area contributed by atoms with Crippen molar-refractivity contribution >= 4 is 16.8 Å². The van der Waals surface area contributed by atoms with E-state index >= 15 is 0 Å². The summed E-state index contributed by atoms with van der Waals surface area (Å²) >= 11 is 0. The maximum Gasteiger partial charge on any atom is 0.118 e. The SMILES string of the molecule is CCCCC(CC)CCc1ccc(C)cc1-c1cc(N(C=C(c2ccc(OC)cc2)c2ccc(OC)cc2)C=C(c2ccc(OC)cc2)c2ccc(OC)cc2)ccc1C. The molecule has 0 radical (unpaired) electrons. The van der Waals surface area contributed by atoms with Crippen LogP contribution in [0.4, 0.5) is 5.69 Å². The van der Waals surface area contributed by atoms with Crippen molar-refractivity contribution in [3.8, 4) is 34.1 Å². The molecule has 0 aliphatic carbocycles. The molecular formula is C55H61NO4. The van der Waals surface area contributed by atoms with E-state index in [2.05, 4.69) is 130 Å². The number of rotatable bonds is 19. The number of hydrogen-bond donors (Lipinski definition) is 0. The highest BCUT2D eigenvalue weighted by molar-refractivity contribution is 5.87. The van der Waals surface area contributed by atoms with Crippen LogP contribution in [0.1, 0.15) is 84.9 Å². The maximum atomic E-state index is 5.58. The number of benzene rings is 6. The van der Waals surface area contributed by atoms with E-state index in [1.165, 1.54) is 59.9 Å². The fourth-order valence-corrected chi connectivity index (χ4v) is 7.80. The highest BCUT2D eigenvalue weighted by Gasteiger charge is 2.17. The minimum Gasteiger partial charge on any atom is -0.497 e. The molecule has 60 heavy (non-hydrogen) atoms. The third-order valence-electron chi connectivity index (χ3n) is 11.6. The molecule has 0 amide bonds. The molecule has 0 N–H and O–H groups in total. The third kappa shape index (κ3) is 10.9. The standard InChI is InChI=1S/C55H61NO4/c1-9-11-12-41(10-2)15-17-42-16-13-39(3)35-53(42)52-36-47(26-14-40(52)4)56(37-54(43-18-27-48(57-5)28-19-43)44-20-29-49(58-6)30-21-44)38-55(45-22-31-50(59-7)32-23-45)46-24-33-51(60-8)34-25-46/h13-14,16,18-38,41H,9-12,15,17H2,1-8H3. The molecule has 0 saturated heterocycles. The van der Waals surface area contributed by atoms with Crippen LogP contribution in [0.15, 0.2) is 146 Å². The van der Waals surface area contributed by atoms with Gasteiger partial charge >= 0.3 is 0 Å². The van der Waals surface area contributed by atoms with Gasteiger partial charge in [-0.05, 0) is 138 Å². The summed E-state index contributed by atoms with van der Waals surface area (Å²) in [6.45, 7) is 9.07. The van der Waals surface area contributed by atoms with Crippen LogP contribution in [0.2, 0.25) is 0 Å². The van der Waals surface area contributed by atoms with Crippen LogP contribution >= 0.6 is 0 Å². The summed E-state index contributed by atoms with van der Waals surface area (Å²) in [5.41, 5.74) is 13.8. The van der Waals surface area contributed by atoms with Crippen molar-refractivity contribution in [2.45, 2.75) is 66.2 Å². The van der Waals surface area contributed by atoms with Gasteiger partial charge in [-0.2, -0.15) is 0 Å². The lowest BCUT2D eigenvalue weighted by molar-refractivity contribution is 0.414. The van der Waals surface area contributed by atoms with Crippen molar-refractivity contribution < 1.29 is 18.9 Å². The first-order valence-corrected chi connectivity index (χ1v) is 21.3. The molecule has 0 aromatic heterocycles. The van der Waals surface area contributed by atoms with Crippen molar-refractivity contribution in [3.63, 3.8) is 0 Å². The van der Waals surface area contributed by atoms with Gasteiger partial charge in [0.15, 0.2) is 0 Å². The van der Waals surface area contributed by atoms with E-state index in [-0.39, 0.29) is 0 Å². The number of aryl methyl sites for hydroxylation is 3. The molecule has 0 heterocycles. The zero-order valence-electron chi connectivity index (χ0n) is 36.8. The predicted molar refractivity (Wildman–Crippen MR) is 252 cm³/mol. The molecule has 0 aliphatic heterocycles. The van der Waals surface area contributed by atoms with E-state index < -0.39 is 0 Å². The smallest absolute Gasteiger partial charge is 0.118 e. The van der Waals surface area contributed by atoms with Crippen LogP contribution in [0.5, 0.6) is 23.0 Å². The first-order valence-electron chi connectivity index (χ1n) is 21.3. The Bertz CT molecular complexity index is 2130. The van der Waals surface area contributed by atoms with Crippen molar-refractivity contribution in [2.24, 2.45) is 5.92 Å². The molecule has 5 nitrogen and oxygen atoms in total. The van der Waals surface area contributed by atoms with Crippen molar-refractivity contribution in [1.29, 1.82) is 0 Å². The average molecular weight is 800 g/mol. The Labute approximate surface area is 358 Å². The van der Waals surface area contributed by atoms with Crippen molar-refractivity contribution in [3.05, 3.63) is 185 Å². The minimum atomic E-state index is 0.737. The molecule has 310 valence electrons. The highest BCUT2D eigenvalue weighted by atomic mass is 16.5. The Morgan fingerprint density at radius 1 is 0.517 bits per heavy atom. The number of hydrogen-bond acceptors (Lipinski definition) is 5. The van der Waals surface area contributed by atoms with Gasteiger partial charge in [-0.25, -0.2) is 0 Å². The Morgan fingerprint density at radius 3 is 1.37 bits per heavy atom. The van der Waals surface area contributed by atoms with Crippen molar-refractivity contribution in [1.82, 2.24) is 0 Å². The topological polar surface area (TPSA) is 40.2 Å². The molecule has 1 unspecified atom stereocenters. The average Bonchev–Trinajstić information content (AvgIpc) is 3.30. The molecule has 0 fully saturated rings. The molecular weight excluding hydrogens is 739 g/mol. The van der Waals surface area contributed by atoms with Crippen LogP contribution in [-0.4, -0.2) is 28.4 Å². The van der Waals surface area contributed by atoms with Crippen molar-refractivity contribution in [2.75, 3.05) is 33.3 Å². The van der Waals surface area contributed by atoms with Gasteiger partial charge in [0.1, 0.15) is 23.0 Å². The van der Waals surface area contributed by atoms with Gasteiger partial charge in [0.2, 0.25) is 0 Å². The highest BCUT2D eigenvalue weighted by Crippen LogP contribution is 2.37. The number of methoxy groups -OCH3 is 4. The summed E-state index contributed by atoms with van der Waals surface area (Å²) in [6.07, 6.45) is 11.8. The Morgan fingerprint density at radius 2 is 0.967 bits per heavy atom. The summed E-state index contributed by atoms with van der Waals surface area (Å²) in [5, 5.41) is 0. The first kappa shape index (κ1) is 43.4. The second kappa shape index (κ2) is 21.2. The van der Waals surface area contributed by atoms with E-state index in [1.807, 2.05) is 48.5 Å². The number of ether oxygens (including phenoxy) is 4. The zero-order valence-corrected chi connectivity index (χ0v) is 36.8. The second-order valence-electron chi connectivity index (χ2n) is 15.5. The van der Waals surface area contributed by atoms with Gasteiger partial charge in [0.25, 0.3) is 0 Å². The summed E-state index contributed by atoms with van der Waals surface area (Å²) in [4.78, 5) is 2.28. The fourth-order valence-electron chi connectivity index (χ4n) is 7.80. The molecule has 6 rings (SSSR count). The molecule has 5 heteroatoms. The van der Waals surface area contributed by atoms with Gasteiger partial charge in [-0.3, -0.25) is 0 Å². The van der Waals surface area contributed by atoms with E-state index in [1.54, 1.807) is 28.4 Å². The van der Waals surface area contributed by atoms with Crippen LogP contribution in [-0.2, 0) is 6.42 Å². The Hall–Kier alpha value is -6.20. The number of anilines is 1. The monoisotopic (exact) mass is 799 g/mol. The van der Waals surface area contributed by atoms with Gasteiger partial charge in [-0.15, -0.1) is 0 Å². The van der Waals surface area contributed by atoms with Gasteiger partial charge in [0.05, 0.1) is 28.4 Å². The van der Waals surface area contributed by atoms with E-state index in [0.29, 0.717) is 0 Å². The fraction of sp³-hybridized carbons (Fsp3) is 0.273. The van der Waals surface area contributed by atoms with E-state index in [4.69, 9.17) is 18.9 Å². The van der Waals surface area contributed by atoms with E-state index in [9.17, 15) is 0 Å². The van der Waals surface area contributed by atoms with Gasteiger partial charge < -0.3 is 23.8 Å². The molecule has 6 aromatic rings. The lowest BCUT2D eigenvalue weighted by atomic mass is 9.88. The molecule has 0 bridgehead atoms. The maximum absolute atomic E-state index is 5.58. The van der Waals surface area contributed by atoms with E-state index in [0.717, 1.165) is 74.4 Å². The van der Waals surface area contributed by atoms with Gasteiger partial charge in [0, 0.05) is 29.2 Å². The summed E-state index contributed by atoms with van der Waals surface area (Å²) < 4.78 is 22.3. The summed E-state index contributed by atoms with van der Waals surface area (Å²) in [6, 6.07) is 47.0. The van der Waals surface area contributed by atoms with Crippen LogP contribution < -0.4 is 23.8 Å². The van der Waals surface area contributed by atoms with Gasteiger partial charge in [-0.1, -0.05) is 118 Å². The first-order chi connectivity index (χ1) is 29.3. The summed E-state index contributed by atoms with van der Waals surface area (Å²) in [5.74, 6) is 3.95. The third-order valence-corrected chi connectivity index (χ3v) is 11.6. The van der Waals surface area contributed by atoms with Crippen LogP contribution in [0.3, 0.4) is 0 Å². The number of nitrogens with zero attached hydrogens (tertiary/aromatic N) is 1. The lowest BCUT2D eigenvalue weighted by Gasteiger charge is -2.24. The zero-order chi connectivity index (χ0) is 42.4. The lowest BCUT2D eigenvalue weighted by Crippen LogP contribution is -2.11. The normalized spacial score (nSPS) is 11.3. The predicted octanol–water partition coefficient (Wildman–Crippen LogP) is 14.1. The van der Waals surface area contributed by atoms with Crippen LogP contribution in [0, 0.1) is 19.8 Å². The molecule has 1 atom stereocenters. The Balaban J connectivity index is 1.59. The molecule has 0 aliphatic rings. The summed E-state index contributed by atoms with van der Waals surface area (Å²) in [7, 11) is 6.80. The minimum absolute atomic E-state index is 0.737. The quantitative estimate of drug-likeness (QED) is 0.0816. The molecule has 0 spiro atoms. The molecule has 0 saturated carbocycles. The number of unbranched alkanes of at least 4 members (excludes halogenated alkanes) is 1. The largest absolute Gasteiger partial charge is 0.497 e. The van der Waals surface area contributed by atoms with Crippen LogP contribution in [0.25, 0.3) is 22.3 Å². The molecule has 6 aromatic carbocycles. The Kier molecular flexibility index (Phi) is 15.3. The second-order valence-corrected chi connectivity index (χ2v) is 15.5.